The van der Waals surface area contributed by atoms with Crippen molar-refractivity contribution in [2.45, 2.75) is 51.2 Å². The minimum absolute atomic E-state index is 0.122. The first-order valence-corrected chi connectivity index (χ1v) is 7.13. The zero-order valence-electron chi connectivity index (χ0n) is 11.6. The molecule has 1 saturated carbocycles. The fourth-order valence-corrected chi connectivity index (χ4v) is 3.10. The predicted octanol–water partition coefficient (Wildman–Crippen LogP) is 1.63. The van der Waals surface area contributed by atoms with Crippen LogP contribution in [-0.4, -0.2) is 55.2 Å². The van der Waals surface area contributed by atoms with E-state index in [1.165, 1.54) is 0 Å². The molecule has 1 heterocycles. The molecule has 2 rings (SSSR count). The minimum Gasteiger partial charge on any atom is -0.379 e. The van der Waals surface area contributed by atoms with Gasteiger partial charge in [0.2, 0.25) is 0 Å². The van der Waals surface area contributed by atoms with Gasteiger partial charge in [-0.15, -0.1) is 0 Å². The number of carbonyl (C=O) groups excluding carboxylic acids is 1. The van der Waals surface area contributed by atoms with Crippen LogP contribution in [0.4, 0.5) is 0 Å². The molecule has 4 heteroatoms. The topological polar surface area (TPSA) is 38.8 Å². The molecule has 18 heavy (non-hydrogen) atoms. The lowest BCUT2D eigenvalue weighted by atomic mass is 9.89. The van der Waals surface area contributed by atoms with E-state index in [1.54, 1.807) is 0 Å². The number of rotatable bonds is 5. The zero-order valence-corrected chi connectivity index (χ0v) is 11.6. The molecule has 2 aliphatic rings. The molecule has 1 saturated heterocycles. The van der Waals surface area contributed by atoms with Crippen molar-refractivity contribution in [3.63, 3.8) is 0 Å². The van der Waals surface area contributed by atoms with Crippen LogP contribution in [0.5, 0.6) is 0 Å². The maximum Gasteiger partial charge on any atom is 0.178 e. The molecule has 0 bridgehead atoms. The summed E-state index contributed by atoms with van der Waals surface area (Å²) in [4.78, 5) is 14.9. The monoisotopic (exact) mass is 255 g/mol. The van der Waals surface area contributed by atoms with Gasteiger partial charge in [-0.25, -0.2) is 0 Å². The number of nitrogens with zero attached hydrogens (tertiary/aromatic N) is 1. The number of ketones is 1. The third-order valence-corrected chi connectivity index (χ3v) is 4.11. The Morgan fingerprint density at radius 1 is 1.28 bits per heavy atom. The highest BCUT2D eigenvalue weighted by Crippen LogP contribution is 2.36. The van der Waals surface area contributed by atoms with Crippen molar-refractivity contribution in [3.8, 4) is 0 Å². The van der Waals surface area contributed by atoms with Gasteiger partial charge in [0.25, 0.3) is 0 Å². The molecule has 0 N–H and O–H groups in total. The van der Waals surface area contributed by atoms with Gasteiger partial charge in [-0.05, 0) is 26.7 Å². The fraction of sp³-hybridized carbons (Fsp3) is 0.929. The van der Waals surface area contributed by atoms with Crippen molar-refractivity contribution in [1.29, 1.82) is 0 Å². The second kappa shape index (κ2) is 6.13. The number of hydrogen-bond acceptors (Lipinski definition) is 4. The van der Waals surface area contributed by atoms with Crippen LogP contribution in [0.1, 0.15) is 39.5 Å². The number of carbonyl (C=O) groups is 1. The Balaban J connectivity index is 2.03. The fourth-order valence-electron chi connectivity index (χ4n) is 3.10. The smallest absolute Gasteiger partial charge is 0.178 e. The van der Waals surface area contributed by atoms with E-state index in [0.29, 0.717) is 0 Å². The highest BCUT2D eigenvalue weighted by molar-refractivity contribution is 5.89. The summed E-state index contributed by atoms with van der Waals surface area (Å²) in [5.74, 6) is 0.274. The van der Waals surface area contributed by atoms with Gasteiger partial charge in [0.05, 0.1) is 24.9 Å². The number of morpholine rings is 1. The second-order valence-electron chi connectivity index (χ2n) is 5.62. The van der Waals surface area contributed by atoms with Gasteiger partial charge in [-0.1, -0.05) is 12.8 Å². The van der Waals surface area contributed by atoms with Crippen molar-refractivity contribution in [2.75, 3.05) is 32.9 Å². The zero-order chi connectivity index (χ0) is 13.0. The summed E-state index contributed by atoms with van der Waals surface area (Å²) in [6, 6.07) is 0. The summed E-state index contributed by atoms with van der Waals surface area (Å²) >= 11 is 0. The molecule has 0 unspecified atom stereocenters. The molecule has 0 aromatic carbocycles. The number of hydrogen-bond donors (Lipinski definition) is 0. The summed E-state index contributed by atoms with van der Waals surface area (Å²) in [5, 5.41) is 0. The van der Waals surface area contributed by atoms with Crippen LogP contribution < -0.4 is 0 Å². The Kier molecular flexibility index (Phi) is 4.76. The van der Waals surface area contributed by atoms with Gasteiger partial charge in [0.15, 0.2) is 5.78 Å². The van der Waals surface area contributed by atoms with Crippen LogP contribution >= 0.6 is 0 Å². The van der Waals surface area contributed by atoms with Gasteiger partial charge in [-0.3, -0.25) is 9.69 Å². The molecule has 104 valence electrons. The molecular weight excluding hydrogens is 230 g/mol. The van der Waals surface area contributed by atoms with E-state index in [4.69, 9.17) is 9.47 Å². The SMILES string of the molecule is CC(C)OCC(=O)C1(N2CCOCC2)CCCC1. The van der Waals surface area contributed by atoms with Crippen LogP contribution in [0.3, 0.4) is 0 Å². The van der Waals surface area contributed by atoms with Crippen LogP contribution in [0.2, 0.25) is 0 Å². The number of Topliss-reactive ketones (excluding diaryl/α,β-unsaturated/α-hetero) is 1. The Labute approximate surface area is 110 Å². The molecule has 0 spiro atoms. The van der Waals surface area contributed by atoms with Gasteiger partial charge in [0.1, 0.15) is 6.61 Å². The molecule has 0 aromatic rings. The molecule has 1 aliphatic carbocycles. The first-order chi connectivity index (χ1) is 8.65. The van der Waals surface area contributed by atoms with Gasteiger partial charge in [-0.2, -0.15) is 0 Å². The van der Waals surface area contributed by atoms with E-state index in [9.17, 15) is 4.79 Å². The largest absolute Gasteiger partial charge is 0.379 e. The Hall–Kier alpha value is -0.450. The van der Waals surface area contributed by atoms with Crippen LogP contribution in [0.15, 0.2) is 0 Å². The summed E-state index contributed by atoms with van der Waals surface area (Å²) in [6.07, 6.45) is 4.42. The van der Waals surface area contributed by atoms with Crippen LogP contribution in [-0.2, 0) is 14.3 Å². The molecule has 0 aromatic heterocycles. The van der Waals surface area contributed by atoms with Gasteiger partial charge >= 0.3 is 0 Å². The summed E-state index contributed by atoms with van der Waals surface area (Å²) in [5.41, 5.74) is -0.251. The van der Waals surface area contributed by atoms with Crippen molar-refractivity contribution >= 4 is 5.78 Å². The number of ether oxygens (including phenoxy) is 2. The van der Waals surface area contributed by atoms with E-state index < -0.39 is 0 Å². The molecule has 1 aliphatic heterocycles. The predicted molar refractivity (Wildman–Crippen MR) is 69.7 cm³/mol. The quantitative estimate of drug-likeness (QED) is 0.748. The van der Waals surface area contributed by atoms with E-state index in [0.717, 1.165) is 52.0 Å². The van der Waals surface area contributed by atoms with Crippen LogP contribution in [0, 0.1) is 0 Å². The molecule has 4 nitrogen and oxygen atoms in total. The maximum atomic E-state index is 12.6. The summed E-state index contributed by atoms with van der Waals surface area (Å²) in [7, 11) is 0. The Bertz CT molecular complexity index is 279. The van der Waals surface area contributed by atoms with Crippen molar-refractivity contribution in [1.82, 2.24) is 4.90 Å². The third-order valence-electron chi connectivity index (χ3n) is 4.11. The first-order valence-electron chi connectivity index (χ1n) is 7.13. The molecule has 0 atom stereocenters. The molecule has 0 radical (unpaired) electrons. The van der Waals surface area contributed by atoms with Crippen molar-refractivity contribution < 1.29 is 14.3 Å². The second-order valence-corrected chi connectivity index (χ2v) is 5.62. The average molecular weight is 255 g/mol. The molecule has 2 fully saturated rings. The highest BCUT2D eigenvalue weighted by Gasteiger charge is 2.45. The maximum absolute atomic E-state index is 12.6. The van der Waals surface area contributed by atoms with Crippen molar-refractivity contribution in [3.05, 3.63) is 0 Å². The van der Waals surface area contributed by atoms with Crippen LogP contribution in [0.25, 0.3) is 0 Å². The summed E-state index contributed by atoms with van der Waals surface area (Å²) in [6.45, 7) is 7.47. The molecular formula is C14H25NO3. The molecule has 0 amide bonds. The Morgan fingerprint density at radius 3 is 2.44 bits per heavy atom. The minimum atomic E-state index is -0.251. The summed E-state index contributed by atoms with van der Waals surface area (Å²) < 4.78 is 10.9. The third kappa shape index (κ3) is 2.92. The van der Waals surface area contributed by atoms with E-state index in [1.807, 2.05) is 13.8 Å². The lowest BCUT2D eigenvalue weighted by Gasteiger charge is -2.42. The van der Waals surface area contributed by atoms with Crippen molar-refractivity contribution in [2.24, 2.45) is 0 Å². The lowest BCUT2D eigenvalue weighted by molar-refractivity contribution is -0.140. The standard InChI is InChI=1S/C14H25NO3/c1-12(2)18-11-13(16)14(5-3-4-6-14)15-7-9-17-10-8-15/h12H,3-11H2,1-2H3. The normalized spacial score (nSPS) is 24.6. The van der Waals surface area contributed by atoms with Gasteiger partial charge < -0.3 is 9.47 Å². The lowest BCUT2D eigenvalue weighted by Crippen LogP contribution is -2.57. The average Bonchev–Trinajstić information content (AvgIpc) is 2.87. The highest BCUT2D eigenvalue weighted by atomic mass is 16.5. The Morgan fingerprint density at radius 2 is 1.89 bits per heavy atom. The van der Waals surface area contributed by atoms with Gasteiger partial charge in [0, 0.05) is 13.1 Å². The van der Waals surface area contributed by atoms with E-state index >= 15 is 0 Å². The first kappa shape index (κ1) is 14.0. The van der Waals surface area contributed by atoms with E-state index in [2.05, 4.69) is 4.90 Å². The van der Waals surface area contributed by atoms with E-state index in [-0.39, 0.29) is 24.0 Å².